The molecular weight excluding hydrogens is 291 g/mol. The molecule has 2 N–H and O–H groups in total. The van der Waals surface area contributed by atoms with E-state index < -0.39 is 0 Å². The number of benzene rings is 1. The van der Waals surface area contributed by atoms with Crippen LogP contribution < -0.4 is 5.73 Å². The van der Waals surface area contributed by atoms with Crippen molar-refractivity contribution in [3.63, 3.8) is 0 Å². The zero-order chi connectivity index (χ0) is 11.7. The number of aryl methyl sites for hydroxylation is 1. The van der Waals surface area contributed by atoms with Crippen LogP contribution in [-0.2, 0) is 0 Å². The fourth-order valence-electron chi connectivity index (χ4n) is 1.36. The molecule has 0 fully saturated rings. The van der Waals surface area contributed by atoms with Crippen molar-refractivity contribution in [2.24, 2.45) is 5.73 Å². The number of halogens is 2. The van der Waals surface area contributed by atoms with E-state index in [2.05, 4.69) is 20.9 Å². The first-order chi connectivity index (χ1) is 7.58. The Hall–Kier alpha value is -0.780. The summed E-state index contributed by atoms with van der Waals surface area (Å²) in [6.07, 6.45) is 1.79. The zero-order valence-corrected chi connectivity index (χ0v) is 11.0. The van der Waals surface area contributed by atoms with Gasteiger partial charge in [-0.05, 0) is 40.5 Å². The Morgan fingerprint density at radius 3 is 2.81 bits per heavy atom. The van der Waals surface area contributed by atoms with Crippen LogP contribution in [0.3, 0.4) is 0 Å². The lowest BCUT2D eigenvalue weighted by molar-refractivity contribution is 0.619. The molecule has 0 radical (unpaired) electrons. The van der Waals surface area contributed by atoms with Gasteiger partial charge in [-0.3, -0.25) is 0 Å². The Morgan fingerprint density at radius 2 is 2.25 bits per heavy atom. The normalized spacial score (nSPS) is 12.8. The third-order valence-corrected chi connectivity index (χ3v) is 3.81. The maximum atomic E-state index is 13.1. The van der Waals surface area contributed by atoms with Crippen molar-refractivity contribution in [1.82, 2.24) is 4.98 Å². The van der Waals surface area contributed by atoms with Gasteiger partial charge >= 0.3 is 0 Å². The Balaban J connectivity index is 2.33. The predicted octanol–water partition coefficient (Wildman–Crippen LogP) is 3.40. The first-order valence-electron chi connectivity index (χ1n) is 4.71. The molecule has 16 heavy (non-hydrogen) atoms. The van der Waals surface area contributed by atoms with E-state index in [-0.39, 0.29) is 11.9 Å². The van der Waals surface area contributed by atoms with E-state index in [1.165, 1.54) is 6.07 Å². The first kappa shape index (κ1) is 11.7. The largest absolute Gasteiger partial charge is 0.318 e. The second kappa shape index (κ2) is 4.61. The van der Waals surface area contributed by atoms with E-state index in [0.29, 0.717) is 4.47 Å². The van der Waals surface area contributed by atoms with Gasteiger partial charge in [-0.1, -0.05) is 6.07 Å². The first-order valence-corrected chi connectivity index (χ1v) is 6.31. The minimum Gasteiger partial charge on any atom is -0.318 e. The van der Waals surface area contributed by atoms with Gasteiger partial charge in [0.1, 0.15) is 10.8 Å². The van der Waals surface area contributed by atoms with Crippen molar-refractivity contribution in [1.29, 1.82) is 0 Å². The molecule has 0 saturated carbocycles. The highest BCUT2D eigenvalue weighted by atomic mass is 79.9. The van der Waals surface area contributed by atoms with Gasteiger partial charge in [-0.25, -0.2) is 9.37 Å². The average Bonchev–Trinajstić information content (AvgIpc) is 2.68. The molecule has 1 atom stereocenters. The summed E-state index contributed by atoms with van der Waals surface area (Å²) in [6.45, 7) is 1.98. The smallest absolute Gasteiger partial charge is 0.137 e. The lowest BCUT2D eigenvalue weighted by Gasteiger charge is -2.09. The van der Waals surface area contributed by atoms with Crippen LogP contribution in [0.1, 0.15) is 21.5 Å². The molecule has 0 aliphatic heterocycles. The standard InChI is InChI=1S/C11H10BrFN2S/c1-6-5-15-11(16-6)10(14)7-2-3-9(13)8(12)4-7/h2-5,10H,14H2,1H3. The van der Waals surface area contributed by atoms with E-state index in [9.17, 15) is 4.39 Å². The van der Waals surface area contributed by atoms with Gasteiger partial charge in [-0.15, -0.1) is 11.3 Å². The molecule has 1 unspecified atom stereocenters. The highest BCUT2D eigenvalue weighted by molar-refractivity contribution is 9.10. The lowest BCUT2D eigenvalue weighted by Crippen LogP contribution is -2.11. The summed E-state index contributed by atoms with van der Waals surface area (Å²) < 4.78 is 13.5. The Labute approximate surface area is 105 Å². The SMILES string of the molecule is Cc1cnc(C(N)c2ccc(F)c(Br)c2)s1. The lowest BCUT2D eigenvalue weighted by atomic mass is 10.1. The number of aromatic nitrogens is 1. The molecule has 1 aromatic heterocycles. The van der Waals surface area contributed by atoms with Gasteiger partial charge in [-0.2, -0.15) is 0 Å². The fourth-order valence-corrected chi connectivity index (χ4v) is 2.56. The van der Waals surface area contributed by atoms with Gasteiger partial charge in [0.15, 0.2) is 0 Å². The quantitative estimate of drug-likeness (QED) is 0.923. The molecule has 2 rings (SSSR count). The molecule has 2 aromatic rings. The predicted molar refractivity (Wildman–Crippen MR) is 67.0 cm³/mol. The molecule has 1 aromatic carbocycles. The van der Waals surface area contributed by atoms with E-state index in [0.717, 1.165) is 15.4 Å². The summed E-state index contributed by atoms with van der Waals surface area (Å²) in [6, 6.07) is 4.48. The summed E-state index contributed by atoms with van der Waals surface area (Å²) in [7, 11) is 0. The van der Waals surface area contributed by atoms with E-state index >= 15 is 0 Å². The second-order valence-corrected chi connectivity index (χ2v) is 5.58. The summed E-state index contributed by atoms with van der Waals surface area (Å²) in [5, 5.41) is 0.844. The van der Waals surface area contributed by atoms with Crippen molar-refractivity contribution in [3.05, 3.63) is 50.1 Å². The number of nitrogens with zero attached hydrogens (tertiary/aromatic N) is 1. The second-order valence-electron chi connectivity index (χ2n) is 3.46. The summed E-state index contributed by atoms with van der Waals surface area (Å²) >= 11 is 4.70. The third kappa shape index (κ3) is 2.31. The van der Waals surface area contributed by atoms with E-state index in [4.69, 9.17) is 5.73 Å². The Kier molecular flexibility index (Phi) is 3.37. The van der Waals surface area contributed by atoms with Crippen LogP contribution in [0.5, 0.6) is 0 Å². The molecule has 0 amide bonds. The van der Waals surface area contributed by atoms with E-state index in [1.807, 2.05) is 6.92 Å². The van der Waals surface area contributed by atoms with Crippen molar-refractivity contribution < 1.29 is 4.39 Å². The monoisotopic (exact) mass is 300 g/mol. The minimum atomic E-state index is -0.296. The van der Waals surface area contributed by atoms with Crippen molar-refractivity contribution in [2.45, 2.75) is 13.0 Å². The molecule has 0 saturated heterocycles. The van der Waals surface area contributed by atoms with Gasteiger partial charge in [0.2, 0.25) is 0 Å². The minimum absolute atomic E-state index is 0.286. The summed E-state index contributed by atoms with van der Waals surface area (Å²) in [5.41, 5.74) is 6.90. The van der Waals surface area contributed by atoms with E-state index in [1.54, 1.807) is 29.7 Å². The van der Waals surface area contributed by atoms with Gasteiger partial charge in [0.05, 0.1) is 10.5 Å². The fraction of sp³-hybridized carbons (Fsp3) is 0.182. The molecule has 2 nitrogen and oxygen atoms in total. The number of hydrogen-bond donors (Lipinski definition) is 1. The summed E-state index contributed by atoms with van der Waals surface area (Å²) in [5.74, 6) is -0.286. The van der Waals surface area contributed by atoms with Crippen molar-refractivity contribution in [3.8, 4) is 0 Å². The average molecular weight is 301 g/mol. The van der Waals surface area contributed by atoms with Crippen LogP contribution in [0.25, 0.3) is 0 Å². The molecule has 0 aliphatic rings. The Morgan fingerprint density at radius 1 is 1.50 bits per heavy atom. The summed E-state index contributed by atoms with van der Waals surface area (Å²) in [4.78, 5) is 5.35. The van der Waals surface area contributed by atoms with Crippen LogP contribution in [0.2, 0.25) is 0 Å². The molecule has 84 valence electrons. The topological polar surface area (TPSA) is 38.9 Å². The zero-order valence-electron chi connectivity index (χ0n) is 8.58. The molecule has 0 aliphatic carbocycles. The Bertz CT molecular complexity index is 512. The van der Waals surface area contributed by atoms with Crippen LogP contribution in [0, 0.1) is 12.7 Å². The molecule has 5 heteroatoms. The molecule has 0 spiro atoms. The third-order valence-electron chi connectivity index (χ3n) is 2.21. The molecular formula is C11H10BrFN2S. The maximum absolute atomic E-state index is 13.1. The molecule has 1 heterocycles. The number of nitrogens with two attached hydrogens (primary N) is 1. The van der Waals surface area contributed by atoms with Crippen LogP contribution in [0.15, 0.2) is 28.9 Å². The van der Waals surface area contributed by atoms with Crippen LogP contribution >= 0.6 is 27.3 Å². The highest BCUT2D eigenvalue weighted by Gasteiger charge is 2.13. The number of thiazole rings is 1. The maximum Gasteiger partial charge on any atom is 0.137 e. The van der Waals surface area contributed by atoms with Crippen LogP contribution in [-0.4, -0.2) is 4.98 Å². The highest BCUT2D eigenvalue weighted by Crippen LogP contribution is 2.26. The van der Waals surface area contributed by atoms with Gasteiger partial charge < -0.3 is 5.73 Å². The van der Waals surface area contributed by atoms with Crippen LogP contribution in [0.4, 0.5) is 4.39 Å². The number of hydrogen-bond acceptors (Lipinski definition) is 3. The van der Waals surface area contributed by atoms with Crippen molar-refractivity contribution >= 4 is 27.3 Å². The van der Waals surface area contributed by atoms with Crippen molar-refractivity contribution in [2.75, 3.05) is 0 Å². The number of rotatable bonds is 2. The molecule has 0 bridgehead atoms. The van der Waals surface area contributed by atoms with Gasteiger partial charge in [0, 0.05) is 11.1 Å². The van der Waals surface area contributed by atoms with Gasteiger partial charge in [0.25, 0.3) is 0 Å².